The summed E-state index contributed by atoms with van der Waals surface area (Å²) in [6, 6.07) is 21.8. The van der Waals surface area contributed by atoms with Crippen molar-refractivity contribution in [2.45, 2.75) is 18.0 Å². The zero-order valence-corrected chi connectivity index (χ0v) is 18.6. The molecule has 8 nitrogen and oxygen atoms in total. The smallest absolute Gasteiger partial charge is 0.250 e. The summed E-state index contributed by atoms with van der Waals surface area (Å²) in [5.41, 5.74) is 1.47. The summed E-state index contributed by atoms with van der Waals surface area (Å²) in [6.45, 7) is 0.0923. The highest BCUT2D eigenvalue weighted by Gasteiger charge is 2.70. The van der Waals surface area contributed by atoms with E-state index in [4.69, 9.17) is 9.47 Å². The van der Waals surface area contributed by atoms with Crippen molar-refractivity contribution in [3.05, 3.63) is 83.9 Å². The van der Waals surface area contributed by atoms with Gasteiger partial charge in [-0.15, -0.1) is 0 Å². The zero-order chi connectivity index (χ0) is 23.7. The van der Waals surface area contributed by atoms with Crippen molar-refractivity contribution in [1.29, 1.82) is 0 Å². The molecule has 0 unspecified atom stereocenters. The Bertz CT molecular complexity index is 1410. The Balaban J connectivity index is 1.36. The van der Waals surface area contributed by atoms with Crippen molar-refractivity contribution in [2.75, 3.05) is 17.0 Å². The highest BCUT2D eigenvalue weighted by atomic mass is 16.7. The van der Waals surface area contributed by atoms with Crippen molar-refractivity contribution < 1.29 is 23.9 Å². The van der Waals surface area contributed by atoms with Crippen molar-refractivity contribution in [1.82, 2.24) is 5.32 Å². The maximum absolute atomic E-state index is 14.0. The molecule has 174 valence electrons. The number of nitrogens with zero attached hydrogens (tertiary/aromatic N) is 1. The minimum Gasteiger partial charge on any atom is -0.454 e. The van der Waals surface area contributed by atoms with Gasteiger partial charge in [-0.05, 0) is 30.2 Å². The quantitative estimate of drug-likeness (QED) is 0.575. The molecule has 7 rings (SSSR count). The molecular formula is C27H21N3O5. The third kappa shape index (κ3) is 2.68. The molecule has 0 aliphatic carbocycles. The van der Waals surface area contributed by atoms with E-state index in [0.717, 1.165) is 5.56 Å². The Hall–Kier alpha value is -4.17. The normalized spacial score (nSPS) is 27.9. The van der Waals surface area contributed by atoms with Gasteiger partial charge in [-0.1, -0.05) is 48.5 Å². The Labute approximate surface area is 200 Å². The highest BCUT2D eigenvalue weighted by molar-refractivity contribution is 6.25. The van der Waals surface area contributed by atoms with Crippen molar-refractivity contribution in [2.24, 2.45) is 11.8 Å². The SMILES string of the molecule is O=C1[C@@H]2[C@H](Cc3ccccc3)N[C@]3(C(=O)Nc4ccccc43)[C@@H]2C(=O)N1c1ccc2c(c1)OCO2. The first-order valence-electron chi connectivity index (χ1n) is 11.6. The Morgan fingerprint density at radius 1 is 0.886 bits per heavy atom. The molecule has 2 N–H and O–H groups in total. The number of rotatable bonds is 3. The van der Waals surface area contributed by atoms with Gasteiger partial charge in [-0.2, -0.15) is 0 Å². The molecule has 35 heavy (non-hydrogen) atoms. The fraction of sp³-hybridized carbons (Fsp3) is 0.222. The van der Waals surface area contributed by atoms with Crippen LogP contribution in [0.3, 0.4) is 0 Å². The molecule has 0 saturated carbocycles. The molecule has 2 fully saturated rings. The van der Waals surface area contributed by atoms with E-state index in [1.165, 1.54) is 4.90 Å². The van der Waals surface area contributed by atoms with Gasteiger partial charge in [0, 0.05) is 23.4 Å². The number of benzene rings is 3. The van der Waals surface area contributed by atoms with Crippen LogP contribution in [0.4, 0.5) is 11.4 Å². The number of ether oxygens (including phenoxy) is 2. The fourth-order valence-electron chi connectivity index (χ4n) is 6.08. The van der Waals surface area contributed by atoms with Crippen LogP contribution in [0.15, 0.2) is 72.8 Å². The first-order valence-corrected chi connectivity index (χ1v) is 11.6. The average Bonchev–Trinajstić information content (AvgIpc) is 3.59. The molecule has 0 bridgehead atoms. The minimum atomic E-state index is -1.32. The van der Waals surface area contributed by atoms with Gasteiger partial charge in [0.15, 0.2) is 11.5 Å². The molecule has 2 saturated heterocycles. The number of hydrogen-bond donors (Lipinski definition) is 2. The summed E-state index contributed by atoms with van der Waals surface area (Å²) in [4.78, 5) is 42.7. The number of imide groups is 1. The topological polar surface area (TPSA) is 97.0 Å². The standard InChI is InChI=1S/C27H21N3O5/c31-24-22-19(12-15-6-2-1-3-7-15)29-27(17-8-4-5-9-18(17)28-26(27)33)23(22)25(32)30(24)16-10-11-20-21(13-16)35-14-34-20/h1-11,13,19,22-23,29H,12,14H2,(H,28,33)/t19-,22+,23-,27-/m0/s1. The Morgan fingerprint density at radius 3 is 2.51 bits per heavy atom. The van der Waals surface area contributed by atoms with E-state index in [9.17, 15) is 14.4 Å². The van der Waals surface area contributed by atoms with Gasteiger partial charge in [0.2, 0.25) is 24.5 Å². The van der Waals surface area contributed by atoms with Crippen LogP contribution in [0.1, 0.15) is 11.1 Å². The summed E-state index contributed by atoms with van der Waals surface area (Å²) in [6.07, 6.45) is 0.507. The first kappa shape index (κ1) is 20.2. The van der Waals surface area contributed by atoms with Gasteiger partial charge in [-0.3, -0.25) is 19.7 Å². The van der Waals surface area contributed by atoms with Gasteiger partial charge in [0.05, 0.1) is 17.5 Å². The zero-order valence-electron chi connectivity index (χ0n) is 18.6. The molecule has 3 amide bonds. The Morgan fingerprint density at radius 2 is 1.66 bits per heavy atom. The largest absolute Gasteiger partial charge is 0.454 e. The van der Waals surface area contributed by atoms with Crippen LogP contribution in [-0.2, 0) is 26.3 Å². The molecule has 4 aliphatic rings. The fourth-order valence-corrected chi connectivity index (χ4v) is 6.08. The number of anilines is 2. The van der Waals surface area contributed by atoms with Gasteiger partial charge in [0.1, 0.15) is 5.54 Å². The number of amides is 3. The maximum atomic E-state index is 14.0. The summed E-state index contributed by atoms with van der Waals surface area (Å²) >= 11 is 0. The molecule has 1 spiro atoms. The third-order valence-electron chi connectivity index (χ3n) is 7.54. The predicted octanol–water partition coefficient (Wildman–Crippen LogP) is 2.58. The van der Waals surface area contributed by atoms with Crippen LogP contribution in [0, 0.1) is 11.8 Å². The number of nitrogens with one attached hydrogen (secondary N) is 2. The monoisotopic (exact) mass is 467 g/mol. The van der Waals surface area contributed by atoms with Crippen molar-refractivity contribution in [3.8, 4) is 11.5 Å². The van der Waals surface area contributed by atoms with Gasteiger partial charge in [-0.25, -0.2) is 4.90 Å². The second kappa shape index (κ2) is 7.16. The molecule has 4 aliphatic heterocycles. The van der Waals surface area contributed by atoms with E-state index >= 15 is 0 Å². The molecule has 3 aromatic rings. The summed E-state index contributed by atoms with van der Waals surface area (Å²) in [5, 5.41) is 6.40. The van der Waals surface area contributed by atoms with E-state index in [1.807, 2.05) is 54.6 Å². The minimum absolute atomic E-state index is 0.0923. The number of fused-ring (bicyclic) bond motifs is 5. The lowest BCUT2D eigenvalue weighted by atomic mass is 9.76. The van der Waals surface area contributed by atoms with Crippen LogP contribution in [0.25, 0.3) is 0 Å². The lowest BCUT2D eigenvalue weighted by Crippen LogP contribution is -2.53. The lowest BCUT2D eigenvalue weighted by Gasteiger charge is -2.29. The average molecular weight is 467 g/mol. The molecule has 0 aromatic heterocycles. The molecule has 4 heterocycles. The predicted molar refractivity (Wildman–Crippen MR) is 126 cm³/mol. The first-order chi connectivity index (χ1) is 17.1. The molecule has 0 radical (unpaired) electrons. The van der Waals surface area contributed by atoms with Crippen LogP contribution < -0.4 is 25.0 Å². The van der Waals surface area contributed by atoms with Gasteiger partial charge >= 0.3 is 0 Å². The molecule has 8 heteroatoms. The van der Waals surface area contributed by atoms with Gasteiger partial charge < -0.3 is 14.8 Å². The number of hydrogen-bond acceptors (Lipinski definition) is 6. The van der Waals surface area contributed by atoms with E-state index in [2.05, 4.69) is 10.6 Å². The second-order valence-electron chi connectivity index (χ2n) is 9.30. The van der Waals surface area contributed by atoms with Crippen LogP contribution in [0.2, 0.25) is 0 Å². The molecule has 4 atom stereocenters. The van der Waals surface area contributed by atoms with Crippen molar-refractivity contribution >= 4 is 29.1 Å². The van der Waals surface area contributed by atoms with Crippen LogP contribution in [-0.4, -0.2) is 30.6 Å². The number of para-hydroxylation sites is 1. The van der Waals surface area contributed by atoms with E-state index in [1.54, 1.807) is 18.2 Å². The van der Waals surface area contributed by atoms with Crippen molar-refractivity contribution in [3.63, 3.8) is 0 Å². The van der Waals surface area contributed by atoms with E-state index in [-0.39, 0.29) is 18.6 Å². The highest BCUT2D eigenvalue weighted by Crippen LogP contribution is 2.54. The Kier molecular flexibility index (Phi) is 4.14. The van der Waals surface area contributed by atoms with E-state index < -0.39 is 29.3 Å². The lowest BCUT2D eigenvalue weighted by molar-refractivity contribution is -0.130. The third-order valence-corrected chi connectivity index (χ3v) is 7.54. The van der Waals surface area contributed by atoms with Crippen LogP contribution >= 0.6 is 0 Å². The number of carbonyl (C=O) groups excluding carboxylic acids is 3. The maximum Gasteiger partial charge on any atom is 0.250 e. The molecular weight excluding hydrogens is 446 g/mol. The summed E-state index contributed by atoms with van der Waals surface area (Å²) < 4.78 is 10.9. The number of carbonyl (C=O) groups is 3. The summed E-state index contributed by atoms with van der Waals surface area (Å²) in [7, 11) is 0. The van der Waals surface area contributed by atoms with Gasteiger partial charge in [0.25, 0.3) is 0 Å². The van der Waals surface area contributed by atoms with Crippen LogP contribution in [0.5, 0.6) is 11.5 Å². The molecule has 3 aromatic carbocycles. The summed E-state index contributed by atoms with van der Waals surface area (Å²) in [5.74, 6) is -1.55. The van der Waals surface area contributed by atoms with E-state index in [0.29, 0.717) is 34.9 Å². The second-order valence-corrected chi connectivity index (χ2v) is 9.30.